The van der Waals surface area contributed by atoms with Crippen molar-refractivity contribution < 1.29 is 14.0 Å². The van der Waals surface area contributed by atoms with Crippen molar-refractivity contribution in [2.45, 2.75) is 24.1 Å². The van der Waals surface area contributed by atoms with Gasteiger partial charge in [-0.1, -0.05) is 35.5 Å². The minimum absolute atomic E-state index is 0.0876. The lowest BCUT2D eigenvalue weighted by Gasteiger charge is -2.36. The Kier molecular flexibility index (Phi) is 5.74. The van der Waals surface area contributed by atoms with Crippen LogP contribution in [-0.2, 0) is 9.59 Å². The Morgan fingerprint density at radius 2 is 1.97 bits per heavy atom. The topological polar surface area (TPSA) is 91.1 Å². The summed E-state index contributed by atoms with van der Waals surface area (Å²) in [5, 5.41) is 0.936. The summed E-state index contributed by atoms with van der Waals surface area (Å²) in [5.41, 5.74) is 8.69. The second kappa shape index (κ2) is 8.70. The third-order valence-corrected chi connectivity index (χ3v) is 7.19. The number of primary amides is 1. The molecule has 1 aliphatic rings. The number of amides is 2. The van der Waals surface area contributed by atoms with Gasteiger partial charge < -0.3 is 14.7 Å². The first-order valence-corrected chi connectivity index (χ1v) is 12.0. The summed E-state index contributed by atoms with van der Waals surface area (Å²) in [5.74, 6) is -0.490. The Balaban J connectivity index is 1.52. The van der Waals surface area contributed by atoms with E-state index in [0.717, 1.165) is 17.8 Å². The molecule has 7 nitrogen and oxygen atoms in total. The molecule has 33 heavy (non-hydrogen) atoms. The number of carbonyl (C=O) groups is 2. The minimum Gasteiger partial charge on any atom is -0.431 e. The molecule has 1 unspecified atom stereocenters. The lowest BCUT2D eigenvalue weighted by atomic mass is 10.1. The highest BCUT2D eigenvalue weighted by atomic mass is 35.5. The van der Waals surface area contributed by atoms with Crippen LogP contribution in [0.3, 0.4) is 0 Å². The third-order valence-electron chi connectivity index (χ3n) is 6.14. The number of rotatable bonds is 6. The number of thioether (sulfide) groups is 1. The number of benzene rings is 2. The third kappa shape index (κ3) is 3.84. The van der Waals surface area contributed by atoms with Gasteiger partial charge in [-0.25, -0.2) is 14.3 Å². The molecule has 2 atom stereocenters. The second-order valence-electron chi connectivity index (χ2n) is 8.01. The van der Waals surface area contributed by atoms with Gasteiger partial charge in [0.1, 0.15) is 17.0 Å². The molecule has 0 spiro atoms. The van der Waals surface area contributed by atoms with Crippen LogP contribution in [0.1, 0.15) is 12.8 Å². The lowest BCUT2D eigenvalue weighted by molar-refractivity contribution is -0.134. The van der Waals surface area contributed by atoms with Crippen molar-refractivity contribution >= 4 is 52.0 Å². The summed E-state index contributed by atoms with van der Waals surface area (Å²) in [4.78, 5) is 30.8. The van der Waals surface area contributed by atoms with Crippen molar-refractivity contribution in [1.29, 1.82) is 0 Å². The van der Waals surface area contributed by atoms with E-state index >= 15 is 0 Å². The van der Waals surface area contributed by atoms with Gasteiger partial charge in [-0.15, -0.1) is 0 Å². The number of oxazole rings is 1. The quantitative estimate of drug-likeness (QED) is 0.322. The molecule has 1 fully saturated rings. The standard InChI is InChI=1S/C24H21ClN4O3S/c25-16-9-10-17-21(14-16)32-24(27-17)33-15-22(30)29(13-5-8-20(29)23(26)31)19-7-2-1-6-18(19)28-11-3-4-12-28/h1-4,6-7,9-12,14,20H,5,8,13,15H2,(H-,26,31)/p+1/t20-,29?/m0/s1. The molecule has 168 valence electrons. The van der Waals surface area contributed by atoms with E-state index in [1.54, 1.807) is 18.2 Å². The maximum absolute atomic E-state index is 13.9. The average molecular weight is 482 g/mol. The number of nitrogens with two attached hydrogens (primary N) is 1. The monoisotopic (exact) mass is 481 g/mol. The first-order chi connectivity index (χ1) is 16.0. The van der Waals surface area contributed by atoms with Gasteiger partial charge in [-0.05, 0) is 30.3 Å². The number of carbonyl (C=O) groups excluding carboxylic acids is 2. The summed E-state index contributed by atoms with van der Waals surface area (Å²) in [7, 11) is 0. The fourth-order valence-corrected chi connectivity index (χ4v) is 5.63. The van der Waals surface area contributed by atoms with Crippen LogP contribution in [0.2, 0.25) is 5.02 Å². The van der Waals surface area contributed by atoms with E-state index < -0.39 is 11.9 Å². The van der Waals surface area contributed by atoms with Crippen LogP contribution in [0.15, 0.2) is 76.6 Å². The van der Waals surface area contributed by atoms with Crippen LogP contribution in [0, 0.1) is 0 Å². The van der Waals surface area contributed by atoms with E-state index in [0.29, 0.717) is 34.3 Å². The molecule has 0 aliphatic carbocycles. The fraction of sp³-hybridized carbons (Fsp3) is 0.208. The fourth-order valence-electron chi connectivity index (χ4n) is 4.68. The van der Waals surface area contributed by atoms with Crippen molar-refractivity contribution in [2.24, 2.45) is 5.73 Å². The smallest absolute Gasteiger partial charge is 0.329 e. The van der Waals surface area contributed by atoms with E-state index in [-0.39, 0.29) is 16.1 Å². The zero-order valence-electron chi connectivity index (χ0n) is 17.7. The molecule has 1 saturated heterocycles. The highest BCUT2D eigenvalue weighted by molar-refractivity contribution is 7.99. The van der Waals surface area contributed by atoms with Crippen LogP contribution in [0.4, 0.5) is 5.69 Å². The number of aromatic nitrogens is 2. The van der Waals surface area contributed by atoms with Crippen molar-refractivity contribution in [1.82, 2.24) is 14.0 Å². The Bertz CT molecular complexity index is 1340. The second-order valence-corrected chi connectivity index (χ2v) is 9.37. The van der Waals surface area contributed by atoms with E-state index in [1.807, 2.05) is 53.4 Å². The number of likely N-dealkylation sites (tertiary alicyclic amines) is 1. The van der Waals surface area contributed by atoms with Crippen molar-refractivity contribution in [3.8, 4) is 5.69 Å². The summed E-state index contributed by atoms with van der Waals surface area (Å²) >= 11 is 7.25. The van der Waals surface area contributed by atoms with Gasteiger partial charge in [0.25, 0.3) is 11.1 Å². The first kappa shape index (κ1) is 21.8. The molecular formula is C24H22ClN4O3S+. The van der Waals surface area contributed by atoms with Gasteiger partial charge in [0.2, 0.25) is 0 Å². The highest BCUT2D eigenvalue weighted by Gasteiger charge is 2.53. The molecule has 0 bridgehead atoms. The number of hydrogen-bond acceptors (Lipinski definition) is 5. The molecule has 2 N–H and O–H groups in total. The van der Waals surface area contributed by atoms with E-state index in [9.17, 15) is 9.59 Å². The molecule has 2 amide bonds. The minimum atomic E-state index is -0.628. The maximum Gasteiger partial charge on any atom is 0.329 e. The number of hydrogen-bond donors (Lipinski definition) is 1. The molecule has 0 saturated carbocycles. The predicted molar refractivity (Wildman–Crippen MR) is 129 cm³/mol. The summed E-state index contributed by atoms with van der Waals surface area (Å²) in [6.45, 7) is 0.508. The van der Waals surface area contributed by atoms with Crippen LogP contribution in [0.25, 0.3) is 16.8 Å². The molecule has 3 heterocycles. The lowest BCUT2D eigenvalue weighted by Crippen LogP contribution is -2.62. The summed E-state index contributed by atoms with van der Waals surface area (Å²) in [6.07, 6.45) is 5.14. The highest BCUT2D eigenvalue weighted by Crippen LogP contribution is 2.40. The van der Waals surface area contributed by atoms with Crippen LogP contribution < -0.4 is 10.2 Å². The van der Waals surface area contributed by atoms with Crippen LogP contribution in [-0.4, -0.2) is 39.7 Å². The molecule has 9 heteroatoms. The van der Waals surface area contributed by atoms with Crippen molar-refractivity contribution in [2.75, 3.05) is 12.3 Å². The van der Waals surface area contributed by atoms with Gasteiger partial charge in [-0.3, -0.25) is 4.79 Å². The largest absolute Gasteiger partial charge is 0.431 e. The van der Waals surface area contributed by atoms with Gasteiger partial charge in [0.15, 0.2) is 17.3 Å². The summed E-state index contributed by atoms with van der Waals surface area (Å²) < 4.78 is 7.62. The Hall–Kier alpha value is -3.07. The predicted octanol–water partition coefficient (Wildman–Crippen LogP) is 4.55. The van der Waals surface area contributed by atoms with Crippen molar-refractivity contribution in [3.63, 3.8) is 0 Å². The molecule has 2 aromatic carbocycles. The first-order valence-electron chi connectivity index (χ1n) is 10.6. The van der Waals surface area contributed by atoms with Gasteiger partial charge in [0, 0.05) is 42.4 Å². The van der Waals surface area contributed by atoms with Gasteiger partial charge in [-0.2, -0.15) is 0 Å². The Morgan fingerprint density at radius 3 is 2.76 bits per heavy atom. The normalized spacial score (nSPS) is 20.3. The molecule has 4 aromatic rings. The maximum atomic E-state index is 13.9. The number of nitrogens with zero attached hydrogens (tertiary/aromatic N) is 3. The van der Waals surface area contributed by atoms with Gasteiger partial charge >= 0.3 is 5.91 Å². The van der Waals surface area contributed by atoms with Crippen LogP contribution in [0.5, 0.6) is 0 Å². The molecular weight excluding hydrogens is 460 g/mol. The zero-order valence-corrected chi connectivity index (χ0v) is 19.3. The zero-order chi connectivity index (χ0) is 23.0. The number of fused-ring (bicyclic) bond motifs is 1. The number of para-hydroxylation sites is 2. The molecule has 1 aliphatic heterocycles. The Morgan fingerprint density at radius 1 is 1.18 bits per heavy atom. The van der Waals surface area contributed by atoms with Gasteiger partial charge in [0.05, 0.1) is 6.54 Å². The molecule has 2 aromatic heterocycles. The molecule has 0 radical (unpaired) electrons. The van der Waals surface area contributed by atoms with E-state index in [2.05, 4.69) is 4.98 Å². The van der Waals surface area contributed by atoms with E-state index in [4.69, 9.17) is 21.8 Å². The van der Waals surface area contributed by atoms with E-state index in [1.165, 1.54) is 11.8 Å². The summed E-state index contributed by atoms with van der Waals surface area (Å²) in [6, 6.07) is 16.1. The number of quaternary nitrogens is 1. The number of halogens is 1. The van der Waals surface area contributed by atoms with Crippen LogP contribution >= 0.6 is 23.4 Å². The molecule has 5 rings (SSSR count). The average Bonchev–Trinajstić information content (AvgIpc) is 3.56. The Labute approximate surface area is 199 Å². The SMILES string of the molecule is NC(=O)[C@@H]1CCC[N+]1(C(=O)CSc1nc2ccc(Cl)cc2o1)c1ccccc1-n1cccc1. The van der Waals surface area contributed by atoms with Crippen molar-refractivity contribution in [3.05, 3.63) is 72.0 Å².